The summed E-state index contributed by atoms with van der Waals surface area (Å²) >= 11 is 0. The molecule has 0 bridgehead atoms. The Hall–Kier alpha value is -2.77. The van der Waals surface area contributed by atoms with Gasteiger partial charge in [0.15, 0.2) is 0 Å². The molecule has 0 atom stereocenters. The van der Waals surface area contributed by atoms with Gasteiger partial charge in [-0.15, -0.1) is 0 Å². The summed E-state index contributed by atoms with van der Waals surface area (Å²) in [4.78, 5) is 39.4. The summed E-state index contributed by atoms with van der Waals surface area (Å²) in [6.45, 7) is 3.15. The minimum absolute atomic E-state index is 0.0346. The standard InChI is InChI=1S/C16H19N3O5/c1-2-24-16(23)18-7-5-11(6-8-18)19-13-4-3-10(14(20)21)9-12(13)17-15(19)22/h3-4,9,11H,2,5-8H2,1H3,(H,17,22)(H,20,21). The Labute approximate surface area is 137 Å². The fourth-order valence-electron chi connectivity index (χ4n) is 3.15. The zero-order chi connectivity index (χ0) is 17.3. The van der Waals surface area contributed by atoms with Crippen molar-refractivity contribution in [1.82, 2.24) is 14.5 Å². The van der Waals surface area contributed by atoms with Crippen molar-refractivity contribution in [2.24, 2.45) is 0 Å². The zero-order valence-corrected chi connectivity index (χ0v) is 13.3. The summed E-state index contributed by atoms with van der Waals surface area (Å²) in [6.07, 6.45) is 0.965. The van der Waals surface area contributed by atoms with E-state index < -0.39 is 5.97 Å². The van der Waals surface area contributed by atoms with Gasteiger partial charge in [-0.1, -0.05) is 0 Å². The molecule has 1 aliphatic heterocycles. The second-order valence-corrected chi connectivity index (χ2v) is 5.75. The molecule has 1 fully saturated rings. The van der Waals surface area contributed by atoms with Crippen LogP contribution in [0, 0.1) is 0 Å². The molecule has 1 aromatic carbocycles. The summed E-state index contributed by atoms with van der Waals surface area (Å²) in [5, 5.41) is 9.05. The van der Waals surface area contributed by atoms with Gasteiger partial charge in [0.2, 0.25) is 0 Å². The summed E-state index contributed by atoms with van der Waals surface area (Å²) in [5.41, 5.74) is 1.06. The Kier molecular flexibility index (Phi) is 4.28. The number of aromatic amines is 1. The number of H-pyrrole nitrogens is 1. The molecule has 3 rings (SSSR count). The predicted molar refractivity (Wildman–Crippen MR) is 86.4 cm³/mol. The number of aromatic carboxylic acids is 1. The fourth-order valence-corrected chi connectivity index (χ4v) is 3.15. The first-order valence-corrected chi connectivity index (χ1v) is 7.90. The second kappa shape index (κ2) is 6.38. The van der Waals surface area contributed by atoms with Crippen LogP contribution >= 0.6 is 0 Å². The van der Waals surface area contributed by atoms with Crippen LogP contribution in [0.3, 0.4) is 0 Å². The molecule has 2 N–H and O–H groups in total. The van der Waals surface area contributed by atoms with Gasteiger partial charge < -0.3 is 19.7 Å². The first-order valence-electron chi connectivity index (χ1n) is 7.90. The van der Waals surface area contributed by atoms with Crippen LogP contribution in [0.25, 0.3) is 11.0 Å². The van der Waals surface area contributed by atoms with Gasteiger partial charge in [-0.25, -0.2) is 14.4 Å². The van der Waals surface area contributed by atoms with E-state index in [2.05, 4.69) is 4.98 Å². The van der Waals surface area contributed by atoms with E-state index in [0.717, 1.165) is 0 Å². The zero-order valence-electron chi connectivity index (χ0n) is 13.3. The lowest BCUT2D eigenvalue weighted by atomic mass is 10.0. The number of hydrogen-bond donors (Lipinski definition) is 2. The molecule has 2 heterocycles. The third-order valence-electron chi connectivity index (χ3n) is 4.32. The Morgan fingerprint density at radius 3 is 2.67 bits per heavy atom. The Morgan fingerprint density at radius 2 is 2.04 bits per heavy atom. The van der Waals surface area contributed by atoms with Gasteiger partial charge in [-0.3, -0.25) is 4.57 Å². The molecular weight excluding hydrogens is 314 g/mol. The molecule has 0 spiro atoms. The largest absolute Gasteiger partial charge is 0.478 e. The van der Waals surface area contributed by atoms with Gasteiger partial charge in [0.05, 0.1) is 23.2 Å². The number of carboxylic acid groups (broad SMARTS) is 1. The average molecular weight is 333 g/mol. The molecule has 1 amide bonds. The number of likely N-dealkylation sites (tertiary alicyclic amines) is 1. The van der Waals surface area contributed by atoms with Crippen LogP contribution in [-0.2, 0) is 4.74 Å². The summed E-state index contributed by atoms with van der Waals surface area (Å²) in [6, 6.07) is 4.56. The number of rotatable bonds is 3. The highest BCUT2D eigenvalue weighted by molar-refractivity contribution is 5.92. The topological polar surface area (TPSA) is 105 Å². The third-order valence-corrected chi connectivity index (χ3v) is 4.32. The van der Waals surface area contributed by atoms with Gasteiger partial charge in [0.25, 0.3) is 0 Å². The van der Waals surface area contributed by atoms with Gasteiger partial charge in [-0.05, 0) is 38.0 Å². The van der Waals surface area contributed by atoms with Gasteiger partial charge in [-0.2, -0.15) is 0 Å². The highest BCUT2D eigenvalue weighted by Gasteiger charge is 2.26. The van der Waals surface area contributed by atoms with E-state index in [9.17, 15) is 14.4 Å². The van der Waals surface area contributed by atoms with E-state index in [-0.39, 0.29) is 23.4 Å². The lowest BCUT2D eigenvalue weighted by Crippen LogP contribution is -2.40. The summed E-state index contributed by atoms with van der Waals surface area (Å²) < 4.78 is 6.65. The lowest BCUT2D eigenvalue weighted by molar-refractivity contribution is 0.0696. The van der Waals surface area contributed by atoms with Crippen LogP contribution in [0.4, 0.5) is 4.79 Å². The number of ether oxygens (including phenoxy) is 1. The lowest BCUT2D eigenvalue weighted by Gasteiger charge is -2.31. The normalized spacial score (nSPS) is 15.6. The highest BCUT2D eigenvalue weighted by Crippen LogP contribution is 2.25. The molecular formula is C16H19N3O5. The average Bonchev–Trinajstić information content (AvgIpc) is 2.90. The molecule has 8 nitrogen and oxygen atoms in total. The maximum atomic E-state index is 12.3. The Morgan fingerprint density at radius 1 is 1.33 bits per heavy atom. The maximum Gasteiger partial charge on any atom is 0.409 e. The molecule has 0 aliphatic carbocycles. The maximum absolute atomic E-state index is 12.3. The van der Waals surface area contributed by atoms with Crippen molar-refractivity contribution in [3.63, 3.8) is 0 Å². The predicted octanol–water partition coefficient (Wildman–Crippen LogP) is 1.82. The van der Waals surface area contributed by atoms with E-state index in [1.165, 1.54) is 12.1 Å². The van der Waals surface area contributed by atoms with Crippen LogP contribution in [0.2, 0.25) is 0 Å². The smallest absolute Gasteiger partial charge is 0.409 e. The molecule has 1 aromatic heterocycles. The van der Waals surface area contributed by atoms with Crippen LogP contribution in [0.5, 0.6) is 0 Å². The molecule has 2 aromatic rings. The number of benzene rings is 1. The first-order chi connectivity index (χ1) is 11.5. The molecule has 0 saturated carbocycles. The number of fused-ring (bicyclic) bond motifs is 1. The third kappa shape index (κ3) is 2.86. The van der Waals surface area contributed by atoms with Gasteiger partial charge in [0.1, 0.15) is 0 Å². The quantitative estimate of drug-likeness (QED) is 0.891. The number of carbonyl (C=O) groups excluding carboxylic acids is 1. The van der Waals surface area contributed by atoms with E-state index in [4.69, 9.17) is 9.84 Å². The molecule has 0 unspecified atom stereocenters. The van der Waals surface area contributed by atoms with E-state index in [0.29, 0.717) is 43.6 Å². The van der Waals surface area contributed by atoms with Crippen molar-refractivity contribution in [1.29, 1.82) is 0 Å². The van der Waals surface area contributed by atoms with Crippen molar-refractivity contribution < 1.29 is 19.4 Å². The minimum Gasteiger partial charge on any atom is -0.478 e. The number of carbonyl (C=O) groups is 2. The monoisotopic (exact) mass is 333 g/mol. The van der Waals surface area contributed by atoms with Gasteiger partial charge in [0, 0.05) is 19.1 Å². The van der Waals surface area contributed by atoms with E-state index in [1.54, 1.807) is 22.5 Å². The van der Waals surface area contributed by atoms with Crippen molar-refractivity contribution >= 4 is 23.1 Å². The minimum atomic E-state index is -1.03. The van der Waals surface area contributed by atoms with Gasteiger partial charge >= 0.3 is 17.8 Å². The number of nitrogens with one attached hydrogen (secondary N) is 1. The van der Waals surface area contributed by atoms with Crippen LogP contribution in [0.1, 0.15) is 36.2 Å². The van der Waals surface area contributed by atoms with E-state index in [1.807, 2.05) is 0 Å². The van der Waals surface area contributed by atoms with E-state index >= 15 is 0 Å². The number of imidazole rings is 1. The summed E-state index contributed by atoms with van der Waals surface area (Å²) in [5.74, 6) is -1.03. The first kappa shape index (κ1) is 16.1. The van der Waals surface area contributed by atoms with Crippen LogP contribution < -0.4 is 5.69 Å². The summed E-state index contributed by atoms with van der Waals surface area (Å²) in [7, 11) is 0. The molecule has 1 saturated heterocycles. The number of piperidine rings is 1. The van der Waals surface area contributed by atoms with Crippen LogP contribution in [-0.4, -0.2) is 51.3 Å². The number of hydrogen-bond acceptors (Lipinski definition) is 4. The molecule has 128 valence electrons. The second-order valence-electron chi connectivity index (χ2n) is 5.75. The number of nitrogens with zero attached hydrogens (tertiary/aromatic N) is 2. The molecule has 24 heavy (non-hydrogen) atoms. The molecule has 0 radical (unpaired) electrons. The Bertz CT molecular complexity index is 830. The highest BCUT2D eigenvalue weighted by atomic mass is 16.6. The number of carboxylic acids is 1. The SMILES string of the molecule is CCOC(=O)N1CCC(n2c(=O)[nH]c3cc(C(=O)O)ccc32)CC1. The molecule has 8 heteroatoms. The van der Waals surface area contributed by atoms with Crippen molar-refractivity contribution in [3.8, 4) is 0 Å². The Balaban J connectivity index is 1.83. The van der Waals surface area contributed by atoms with Crippen LogP contribution in [0.15, 0.2) is 23.0 Å². The number of aromatic nitrogens is 2. The van der Waals surface area contributed by atoms with Crippen molar-refractivity contribution in [2.75, 3.05) is 19.7 Å². The van der Waals surface area contributed by atoms with Crippen molar-refractivity contribution in [2.45, 2.75) is 25.8 Å². The van der Waals surface area contributed by atoms with Crippen molar-refractivity contribution in [3.05, 3.63) is 34.2 Å². The number of amides is 1. The molecule has 1 aliphatic rings. The fraction of sp³-hybridized carbons (Fsp3) is 0.438.